The van der Waals surface area contributed by atoms with Gasteiger partial charge in [-0.2, -0.15) is 0 Å². The predicted octanol–water partition coefficient (Wildman–Crippen LogP) is 0.507. The molecule has 0 saturated carbocycles. The minimum atomic E-state index is -0.216. The molecule has 2 rings (SSSR count). The van der Waals surface area contributed by atoms with E-state index in [1.807, 2.05) is 0 Å². The van der Waals surface area contributed by atoms with E-state index in [-0.39, 0.29) is 11.5 Å². The molecule has 0 aliphatic carbocycles. The summed E-state index contributed by atoms with van der Waals surface area (Å²) >= 11 is 1.37. The van der Waals surface area contributed by atoms with E-state index in [0.717, 1.165) is 0 Å². The Morgan fingerprint density at radius 3 is 3.06 bits per heavy atom. The number of aromatic amines is 1. The van der Waals surface area contributed by atoms with E-state index in [1.165, 1.54) is 17.4 Å². The highest BCUT2D eigenvalue weighted by Crippen LogP contribution is 2.00. The lowest BCUT2D eigenvalue weighted by molar-refractivity contribution is 0.0949. The van der Waals surface area contributed by atoms with Crippen LogP contribution in [0.2, 0.25) is 0 Å². The third-order valence-corrected chi connectivity index (χ3v) is 2.82. The van der Waals surface area contributed by atoms with E-state index in [9.17, 15) is 9.59 Å². The van der Waals surface area contributed by atoms with Gasteiger partial charge in [0.05, 0.1) is 5.51 Å². The number of H-pyrrole nitrogens is 1. The zero-order valence-electron chi connectivity index (χ0n) is 9.77. The maximum Gasteiger partial charge on any atom is 0.270 e. The van der Waals surface area contributed by atoms with Crippen molar-refractivity contribution < 1.29 is 4.79 Å². The van der Waals surface area contributed by atoms with E-state index in [4.69, 9.17) is 0 Å². The summed E-state index contributed by atoms with van der Waals surface area (Å²) in [5.74, 6) is 0.352. The maximum absolute atomic E-state index is 11.6. The number of nitrogens with one attached hydrogen (secondary N) is 2. The summed E-state index contributed by atoms with van der Waals surface area (Å²) in [6, 6.07) is 1.43. The fourth-order valence-corrected chi connectivity index (χ4v) is 2.00. The Labute approximate surface area is 107 Å². The first kappa shape index (κ1) is 12.4. The molecule has 94 valence electrons. The maximum atomic E-state index is 11.6. The number of thiazole rings is 1. The molecule has 0 aliphatic rings. The first-order valence-electron chi connectivity index (χ1n) is 5.38. The van der Waals surface area contributed by atoms with Crippen molar-refractivity contribution in [3.63, 3.8) is 0 Å². The third kappa shape index (κ3) is 3.24. The first-order chi connectivity index (χ1) is 8.65. The second-order valence-electron chi connectivity index (χ2n) is 3.71. The average Bonchev–Trinajstić information content (AvgIpc) is 2.80. The van der Waals surface area contributed by atoms with Gasteiger partial charge < -0.3 is 10.3 Å². The Morgan fingerprint density at radius 1 is 1.56 bits per heavy atom. The second-order valence-corrected chi connectivity index (χ2v) is 4.43. The van der Waals surface area contributed by atoms with Crippen molar-refractivity contribution in [1.82, 2.24) is 20.3 Å². The van der Waals surface area contributed by atoms with E-state index in [1.54, 1.807) is 17.8 Å². The summed E-state index contributed by atoms with van der Waals surface area (Å²) < 4.78 is 0. The molecular formula is C11H12N4O2S. The van der Waals surface area contributed by atoms with Crippen LogP contribution in [0.15, 0.2) is 21.8 Å². The smallest absolute Gasteiger partial charge is 0.270 e. The molecule has 0 unspecified atom stereocenters. The number of hydrogen-bond donors (Lipinski definition) is 2. The van der Waals surface area contributed by atoms with Crippen LogP contribution < -0.4 is 10.9 Å². The zero-order chi connectivity index (χ0) is 13.0. The molecule has 6 nitrogen and oxygen atoms in total. The quantitative estimate of drug-likeness (QED) is 0.842. The van der Waals surface area contributed by atoms with Gasteiger partial charge >= 0.3 is 0 Å². The Balaban J connectivity index is 1.89. The first-order valence-corrected chi connectivity index (χ1v) is 6.32. The number of nitrogens with zero attached hydrogens (tertiary/aromatic N) is 2. The summed E-state index contributed by atoms with van der Waals surface area (Å²) in [4.78, 5) is 33.5. The molecule has 0 atom stereocenters. The normalized spacial score (nSPS) is 10.3. The lowest BCUT2D eigenvalue weighted by Crippen LogP contribution is -2.27. The van der Waals surface area contributed by atoms with Crippen molar-refractivity contribution in [1.29, 1.82) is 0 Å². The van der Waals surface area contributed by atoms with Crippen LogP contribution in [0.25, 0.3) is 0 Å². The summed E-state index contributed by atoms with van der Waals surface area (Å²) in [5.41, 5.74) is 2.50. The number of rotatable bonds is 4. The minimum Gasteiger partial charge on any atom is -0.350 e. The number of carbonyl (C=O) groups excluding carboxylic acids is 1. The highest BCUT2D eigenvalue weighted by atomic mass is 32.1. The van der Waals surface area contributed by atoms with Crippen LogP contribution in [-0.4, -0.2) is 27.4 Å². The van der Waals surface area contributed by atoms with Gasteiger partial charge in [-0.25, -0.2) is 9.97 Å². The number of carbonyl (C=O) groups is 1. The van der Waals surface area contributed by atoms with E-state index in [0.29, 0.717) is 30.2 Å². The van der Waals surface area contributed by atoms with Crippen molar-refractivity contribution in [2.45, 2.75) is 13.3 Å². The SMILES string of the molecule is Cc1cc(=O)[nH]c(CCNC(=O)c2cscn2)n1. The van der Waals surface area contributed by atoms with Gasteiger partial charge in [-0.1, -0.05) is 0 Å². The van der Waals surface area contributed by atoms with Gasteiger partial charge in [-0.15, -0.1) is 11.3 Å². The Kier molecular flexibility index (Phi) is 3.83. The van der Waals surface area contributed by atoms with Crippen LogP contribution in [0.1, 0.15) is 22.0 Å². The molecule has 0 bridgehead atoms. The van der Waals surface area contributed by atoms with Crippen LogP contribution >= 0.6 is 11.3 Å². The summed E-state index contributed by atoms with van der Waals surface area (Å²) in [5, 5.41) is 4.40. The van der Waals surface area contributed by atoms with Crippen LogP contribution in [0.3, 0.4) is 0 Å². The van der Waals surface area contributed by atoms with Gasteiger partial charge in [0.15, 0.2) is 0 Å². The number of amides is 1. The highest BCUT2D eigenvalue weighted by Gasteiger charge is 2.06. The largest absolute Gasteiger partial charge is 0.350 e. The molecule has 7 heteroatoms. The van der Waals surface area contributed by atoms with Gasteiger partial charge in [0, 0.05) is 30.1 Å². The fourth-order valence-electron chi connectivity index (χ4n) is 1.47. The number of hydrogen-bond acceptors (Lipinski definition) is 5. The van der Waals surface area contributed by atoms with Gasteiger partial charge in [0.1, 0.15) is 11.5 Å². The molecule has 2 aromatic heterocycles. The third-order valence-electron chi connectivity index (χ3n) is 2.23. The monoisotopic (exact) mass is 264 g/mol. The van der Waals surface area contributed by atoms with E-state index < -0.39 is 0 Å². The standard InChI is InChI=1S/C11H12N4O2S/c1-7-4-10(16)15-9(14-7)2-3-12-11(17)8-5-18-6-13-8/h4-6H,2-3H2,1H3,(H,12,17)(H,14,15,16). The molecule has 0 saturated heterocycles. The Hall–Kier alpha value is -2.02. The summed E-state index contributed by atoms with van der Waals surface area (Å²) in [7, 11) is 0. The van der Waals surface area contributed by atoms with Crippen LogP contribution in [0.4, 0.5) is 0 Å². The number of aromatic nitrogens is 3. The van der Waals surface area contributed by atoms with Gasteiger partial charge in [0.25, 0.3) is 11.5 Å². The van der Waals surface area contributed by atoms with E-state index in [2.05, 4.69) is 20.3 Å². The molecule has 0 fully saturated rings. The molecule has 18 heavy (non-hydrogen) atoms. The lowest BCUT2D eigenvalue weighted by atomic mass is 10.3. The minimum absolute atomic E-state index is 0.177. The highest BCUT2D eigenvalue weighted by molar-refractivity contribution is 7.07. The molecule has 2 N–H and O–H groups in total. The molecule has 0 radical (unpaired) electrons. The van der Waals surface area contributed by atoms with Crippen LogP contribution in [0.5, 0.6) is 0 Å². The Bertz CT molecular complexity index is 591. The van der Waals surface area contributed by atoms with Crippen molar-refractivity contribution in [2.24, 2.45) is 0 Å². The van der Waals surface area contributed by atoms with Crippen molar-refractivity contribution in [3.8, 4) is 0 Å². The van der Waals surface area contributed by atoms with Gasteiger partial charge in [-0.3, -0.25) is 9.59 Å². The molecule has 2 heterocycles. The molecule has 0 spiro atoms. The van der Waals surface area contributed by atoms with Gasteiger partial charge in [0.2, 0.25) is 0 Å². The zero-order valence-corrected chi connectivity index (χ0v) is 10.6. The lowest BCUT2D eigenvalue weighted by Gasteiger charge is -2.03. The summed E-state index contributed by atoms with van der Waals surface area (Å²) in [6.07, 6.45) is 0.479. The van der Waals surface area contributed by atoms with Crippen molar-refractivity contribution in [2.75, 3.05) is 6.54 Å². The molecule has 2 aromatic rings. The molecule has 0 aliphatic heterocycles. The van der Waals surface area contributed by atoms with Crippen molar-refractivity contribution in [3.05, 3.63) is 44.5 Å². The predicted molar refractivity (Wildman–Crippen MR) is 67.7 cm³/mol. The van der Waals surface area contributed by atoms with E-state index >= 15 is 0 Å². The van der Waals surface area contributed by atoms with Crippen LogP contribution in [-0.2, 0) is 6.42 Å². The topological polar surface area (TPSA) is 87.7 Å². The average molecular weight is 264 g/mol. The Morgan fingerprint density at radius 2 is 2.39 bits per heavy atom. The van der Waals surface area contributed by atoms with Crippen molar-refractivity contribution >= 4 is 17.2 Å². The summed E-state index contributed by atoms with van der Waals surface area (Å²) in [6.45, 7) is 2.16. The fraction of sp³-hybridized carbons (Fsp3) is 0.273. The molecular weight excluding hydrogens is 252 g/mol. The van der Waals surface area contributed by atoms with Crippen LogP contribution in [0, 0.1) is 6.92 Å². The number of aryl methyl sites for hydroxylation is 1. The second kappa shape index (κ2) is 5.54. The molecule has 0 aromatic carbocycles. The van der Waals surface area contributed by atoms with Gasteiger partial charge in [-0.05, 0) is 6.92 Å². The molecule has 1 amide bonds.